The molecule has 0 aromatic heterocycles. The van der Waals surface area contributed by atoms with Gasteiger partial charge in [0.25, 0.3) is 0 Å². The van der Waals surface area contributed by atoms with Gasteiger partial charge in [-0.05, 0) is 50.2 Å². The highest BCUT2D eigenvalue weighted by Crippen LogP contribution is 2.12. The van der Waals surface area contributed by atoms with Crippen LogP contribution in [0.1, 0.15) is 36.0 Å². The van der Waals surface area contributed by atoms with Crippen LogP contribution < -0.4 is 11.3 Å². The first-order chi connectivity index (χ1) is 10.3. The molecule has 2 rings (SSSR count). The molecule has 2 aromatic rings. The molecule has 0 saturated heterocycles. The number of aryl methyl sites for hydroxylation is 3. The molecular weight excluding hydrogens is 256 g/mol. The van der Waals surface area contributed by atoms with Gasteiger partial charge < -0.3 is 0 Å². The number of nitrogens with one attached hydrogen (secondary N) is 1. The third kappa shape index (κ3) is 5.70. The Morgan fingerprint density at radius 3 is 2.19 bits per heavy atom. The zero-order valence-electron chi connectivity index (χ0n) is 12.9. The molecule has 0 bridgehead atoms. The molecule has 2 heteroatoms. The molecule has 0 aliphatic rings. The van der Waals surface area contributed by atoms with Gasteiger partial charge in [-0.3, -0.25) is 11.3 Å². The second-order valence-corrected chi connectivity index (χ2v) is 5.77. The normalized spacial score (nSPS) is 12.3. The van der Waals surface area contributed by atoms with E-state index in [0.29, 0.717) is 6.04 Å². The maximum absolute atomic E-state index is 5.69. The van der Waals surface area contributed by atoms with Crippen LogP contribution >= 0.6 is 0 Å². The van der Waals surface area contributed by atoms with Crippen LogP contribution in [0.4, 0.5) is 0 Å². The molecule has 0 fully saturated rings. The van der Waals surface area contributed by atoms with E-state index in [4.69, 9.17) is 5.84 Å². The fourth-order valence-corrected chi connectivity index (χ4v) is 2.60. The highest BCUT2D eigenvalue weighted by molar-refractivity contribution is 5.21. The summed E-state index contributed by atoms with van der Waals surface area (Å²) in [5, 5.41) is 0. The van der Waals surface area contributed by atoms with Crippen LogP contribution in [0, 0.1) is 6.92 Å². The predicted molar refractivity (Wildman–Crippen MR) is 90.0 cm³/mol. The number of benzene rings is 2. The third-order valence-corrected chi connectivity index (χ3v) is 4.00. The molecule has 0 aliphatic heterocycles. The van der Waals surface area contributed by atoms with Crippen LogP contribution in [0.2, 0.25) is 0 Å². The summed E-state index contributed by atoms with van der Waals surface area (Å²) in [6.07, 6.45) is 5.60. The van der Waals surface area contributed by atoms with Crippen LogP contribution in [-0.2, 0) is 12.8 Å². The second-order valence-electron chi connectivity index (χ2n) is 5.77. The first-order valence-corrected chi connectivity index (χ1v) is 7.83. The summed E-state index contributed by atoms with van der Waals surface area (Å²) in [6.45, 7) is 2.12. The van der Waals surface area contributed by atoms with Crippen LogP contribution in [0.3, 0.4) is 0 Å². The van der Waals surface area contributed by atoms with Crippen molar-refractivity contribution in [3.8, 4) is 0 Å². The van der Waals surface area contributed by atoms with E-state index in [-0.39, 0.29) is 0 Å². The molecule has 1 unspecified atom stereocenters. The maximum atomic E-state index is 5.69. The Kier molecular flexibility index (Phi) is 6.45. The van der Waals surface area contributed by atoms with Gasteiger partial charge in [-0.15, -0.1) is 0 Å². The van der Waals surface area contributed by atoms with Crippen molar-refractivity contribution in [1.29, 1.82) is 0 Å². The first-order valence-electron chi connectivity index (χ1n) is 7.83. The largest absolute Gasteiger partial charge is 0.271 e. The lowest BCUT2D eigenvalue weighted by atomic mass is 9.99. The monoisotopic (exact) mass is 282 g/mol. The highest BCUT2D eigenvalue weighted by atomic mass is 15.2. The summed E-state index contributed by atoms with van der Waals surface area (Å²) in [4.78, 5) is 0. The SMILES string of the molecule is Cc1ccc(CCC(CCCc2ccccc2)NN)cc1. The van der Waals surface area contributed by atoms with Gasteiger partial charge in [0.05, 0.1) is 0 Å². The second kappa shape index (κ2) is 8.60. The van der Waals surface area contributed by atoms with Gasteiger partial charge in [-0.2, -0.15) is 0 Å². The molecule has 0 saturated carbocycles. The van der Waals surface area contributed by atoms with E-state index >= 15 is 0 Å². The number of nitrogens with two attached hydrogens (primary N) is 1. The Morgan fingerprint density at radius 2 is 1.52 bits per heavy atom. The Labute approximate surface area is 128 Å². The summed E-state index contributed by atoms with van der Waals surface area (Å²) in [7, 11) is 0. The van der Waals surface area contributed by atoms with Gasteiger partial charge in [-0.1, -0.05) is 60.2 Å². The number of hydrogen-bond acceptors (Lipinski definition) is 2. The van der Waals surface area contributed by atoms with E-state index in [9.17, 15) is 0 Å². The highest BCUT2D eigenvalue weighted by Gasteiger charge is 2.07. The quantitative estimate of drug-likeness (QED) is 0.571. The molecule has 1 atom stereocenters. The van der Waals surface area contributed by atoms with Crippen LogP contribution in [0.15, 0.2) is 54.6 Å². The average Bonchev–Trinajstić information content (AvgIpc) is 2.53. The molecule has 21 heavy (non-hydrogen) atoms. The first kappa shape index (κ1) is 15.7. The van der Waals surface area contributed by atoms with E-state index in [1.165, 1.54) is 23.1 Å². The van der Waals surface area contributed by atoms with E-state index < -0.39 is 0 Å². The van der Waals surface area contributed by atoms with Crippen molar-refractivity contribution in [1.82, 2.24) is 5.43 Å². The molecule has 2 aromatic carbocycles. The van der Waals surface area contributed by atoms with Gasteiger partial charge in [0, 0.05) is 6.04 Å². The van der Waals surface area contributed by atoms with Crippen LogP contribution in [-0.4, -0.2) is 6.04 Å². The van der Waals surface area contributed by atoms with Crippen molar-refractivity contribution in [2.24, 2.45) is 5.84 Å². The molecule has 112 valence electrons. The van der Waals surface area contributed by atoms with Gasteiger partial charge in [0.2, 0.25) is 0 Å². The smallest absolute Gasteiger partial charge is 0.0213 e. The van der Waals surface area contributed by atoms with E-state index in [2.05, 4.69) is 66.9 Å². The Hall–Kier alpha value is -1.64. The number of rotatable bonds is 8. The zero-order chi connectivity index (χ0) is 14.9. The lowest BCUT2D eigenvalue weighted by Gasteiger charge is -2.15. The van der Waals surface area contributed by atoms with Crippen LogP contribution in [0.5, 0.6) is 0 Å². The van der Waals surface area contributed by atoms with Gasteiger partial charge in [-0.25, -0.2) is 0 Å². The molecule has 2 nitrogen and oxygen atoms in total. The minimum Gasteiger partial charge on any atom is -0.271 e. The zero-order valence-corrected chi connectivity index (χ0v) is 12.9. The fourth-order valence-electron chi connectivity index (χ4n) is 2.60. The number of hydrogen-bond donors (Lipinski definition) is 2. The maximum Gasteiger partial charge on any atom is 0.0213 e. The van der Waals surface area contributed by atoms with E-state index in [1.807, 2.05) is 0 Å². The molecular formula is C19H26N2. The van der Waals surface area contributed by atoms with Crippen molar-refractivity contribution in [2.45, 2.75) is 45.1 Å². The third-order valence-electron chi connectivity index (χ3n) is 4.00. The standard InChI is InChI=1S/C19H26N2/c1-16-10-12-18(13-11-16)14-15-19(21-20)9-5-8-17-6-3-2-4-7-17/h2-4,6-7,10-13,19,21H,5,8-9,14-15,20H2,1H3. The van der Waals surface area contributed by atoms with Crippen molar-refractivity contribution in [3.05, 3.63) is 71.3 Å². The minimum atomic E-state index is 0.398. The molecule has 0 spiro atoms. The average molecular weight is 282 g/mol. The van der Waals surface area contributed by atoms with Crippen molar-refractivity contribution in [3.63, 3.8) is 0 Å². The fraction of sp³-hybridized carbons (Fsp3) is 0.368. The van der Waals surface area contributed by atoms with E-state index in [0.717, 1.165) is 25.7 Å². The minimum absolute atomic E-state index is 0.398. The topological polar surface area (TPSA) is 38.0 Å². The van der Waals surface area contributed by atoms with Gasteiger partial charge >= 0.3 is 0 Å². The van der Waals surface area contributed by atoms with Crippen molar-refractivity contribution >= 4 is 0 Å². The van der Waals surface area contributed by atoms with Gasteiger partial charge in [0.15, 0.2) is 0 Å². The van der Waals surface area contributed by atoms with Crippen LogP contribution in [0.25, 0.3) is 0 Å². The summed E-state index contributed by atoms with van der Waals surface area (Å²) in [5.41, 5.74) is 7.09. The number of hydrazine groups is 1. The van der Waals surface area contributed by atoms with Crippen molar-refractivity contribution < 1.29 is 0 Å². The summed E-state index contributed by atoms with van der Waals surface area (Å²) >= 11 is 0. The Balaban J connectivity index is 1.71. The lowest BCUT2D eigenvalue weighted by Crippen LogP contribution is -2.35. The van der Waals surface area contributed by atoms with Crippen molar-refractivity contribution in [2.75, 3.05) is 0 Å². The molecule has 0 radical (unpaired) electrons. The molecule has 0 aliphatic carbocycles. The van der Waals surface area contributed by atoms with E-state index in [1.54, 1.807) is 0 Å². The Morgan fingerprint density at radius 1 is 0.857 bits per heavy atom. The molecule has 0 amide bonds. The predicted octanol–water partition coefficient (Wildman–Crippen LogP) is 3.78. The molecule has 3 N–H and O–H groups in total. The Bertz CT molecular complexity index is 505. The lowest BCUT2D eigenvalue weighted by molar-refractivity contribution is 0.451. The summed E-state index contributed by atoms with van der Waals surface area (Å²) in [5.74, 6) is 5.69. The van der Waals surface area contributed by atoms with Gasteiger partial charge in [0.1, 0.15) is 0 Å². The summed E-state index contributed by atoms with van der Waals surface area (Å²) < 4.78 is 0. The summed E-state index contributed by atoms with van der Waals surface area (Å²) in [6, 6.07) is 19.8. The molecule has 0 heterocycles.